The molecule has 0 fully saturated rings. The number of hydrogen-bond acceptors (Lipinski definition) is 3. The molecule has 0 aliphatic heterocycles. The van der Waals surface area contributed by atoms with Crippen LogP contribution in [-0.2, 0) is 17.8 Å². The molecule has 0 unspecified atom stereocenters. The molecule has 5 heteroatoms. The van der Waals surface area contributed by atoms with Crippen molar-refractivity contribution in [1.29, 1.82) is 0 Å². The van der Waals surface area contributed by atoms with Gasteiger partial charge in [0.1, 0.15) is 11.6 Å². The number of amides is 1. The average Bonchev–Trinajstić information content (AvgIpc) is 2.90. The van der Waals surface area contributed by atoms with Gasteiger partial charge >= 0.3 is 0 Å². The molecule has 0 saturated heterocycles. The summed E-state index contributed by atoms with van der Waals surface area (Å²) in [6.07, 6.45) is 1.36. The maximum atomic E-state index is 12.3. The Morgan fingerprint density at radius 1 is 1.24 bits per heavy atom. The lowest BCUT2D eigenvalue weighted by Gasteiger charge is -2.08. The van der Waals surface area contributed by atoms with E-state index in [-0.39, 0.29) is 5.91 Å². The van der Waals surface area contributed by atoms with Crippen molar-refractivity contribution in [1.82, 2.24) is 9.55 Å². The fraction of sp³-hybridized carbons (Fsp3) is 0.300. The Bertz CT molecular complexity index is 899. The third kappa shape index (κ3) is 3.82. The van der Waals surface area contributed by atoms with Crippen LogP contribution in [0.5, 0.6) is 5.75 Å². The van der Waals surface area contributed by atoms with Crippen molar-refractivity contribution < 1.29 is 9.53 Å². The molecule has 1 heterocycles. The molecule has 25 heavy (non-hydrogen) atoms. The Morgan fingerprint density at radius 2 is 2.08 bits per heavy atom. The number of carbonyl (C=O) groups excluding carboxylic acids is 1. The predicted octanol–water partition coefficient (Wildman–Crippen LogP) is 3.94. The largest absolute Gasteiger partial charge is 0.497 e. The fourth-order valence-electron chi connectivity index (χ4n) is 3.01. The number of anilines is 1. The molecular formula is C20H23N3O2. The third-order valence-corrected chi connectivity index (χ3v) is 4.17. The van der Waals surface area contributed by atoms with Crippen molar-refractivity contribution in [2.24, 2.45) is 0 Å². The number of hydrogen-bond donors (Lipinski definition) is 1. The van der Waals surface area contributed by atoms with Gasteiger partial charge in [-0.3, -0.25) is 4.79 Å². The van der Waals surface area contributed by atoms with Crippen LogP contribution in [0, 0.1) is 6.92 Å². The summed E-state index contributed by atoms with van der Waals surface area (Å²) in [6, 6.07) is 13.4. The quantitative estimate of drug-likeness (QED) is 0.741. The molecule has 3 rings (SSSR count). The highest BCUT2D eigenvalue weighted by Crippen LogP contribution is 2.21. The van der Waals surface area contributed by atoms with E-state index in [9.17, 15) is 4.79 Å². The van der Waals surface area contributed by atoms with Gasteiger partial charge in [-0.05, 0) is 49.2 Å². The first kappa shape index (κ1) is 17.0. The monoisotopic (exact) mass is 337 g/mol. The van der Waals surface area contributed by atoms with E-state index < -0.39 is 0 Å². The zero-order chi connectivity index (χ0) is 17.8. The standard InChI is InChI=1S/C20H23N3O2/c1-4-10-23-14(2)21-18-13-16(8-9-19(18)23)22-20(24)12-15-6-5-7-17(11-15)25-3/h5-9,11,13H,4,10,12H2,1-3H3,(H,22,24). The summed E-state index contributed by atoms with van der Waals surface area (Å²) in [4.78, 5) is 16.9. The van der Waals surface area contributed by atoms with E-state index in [4.69, 9.17) is 4.74 Å². The van der Waals surface area contributed by atoms with Crippen molar-refractivity contribution in [2.75, 3.05) is 12.4 Å². The molecule has 0 atom stereocenters. The van der Waals surface area contributed by atoms with Crippen molar-refractivity contribution >= 4 is 22.6 Å². The molecule has 0 aliphatic rings. The smallest absolute Gasteiger partial charge is 0.228 e. The first-order chi connectivity index (χ1) is 12.1. The molecule has 1 amide bonds. The number of fused-ring (bicyclic) bond motifs is 1. The van der Waals surface area contributed by atoms with Gasteiger partial charge in [-0.2, -0.15) is 0 Å². The van der Waals surface area contributed by atoms with Gasteiger partial charge in [0.05, 0.1) is 24.6 Å². The zero-order valence-electron chi connectivity index (χ0n) is 14.9. The molecule has 2 aromatic carbocycles. The van der Waals surface area contributed by atoms with Crippen LogP contribution in [-0.4, -0.2) is 22.6 Å². The second-order valence-electron chi connectivity index (χ2n) is 6.09. The van der Waals surface area contributed by atoms with E-state index in [0.29, 0.717) is 6.42 Å². The number of rotatable bonds is 6. The number of benzene rings is 2. The molecule has 1 aromatic heterocycles. The SMILES string of the molecule is CCCn1c(C)nc2cc(NC(=O)Cc3cccc(OC)c3)ccc21. The lowest BCUT2D eigenvalue weighted by molar-refractivity contribution is -0.115. The van der Waals surface area contributed by atoms with Gasteiger partial charge in [0, 0.05) is 12.2 Å². The van der Waals surface area contributed by atoms with E-state index in [1.165, 1.54) is 0 Å². The third-order valence-electron chi connectivity index (χ3n) is 4.17. The lowest BCUT2D eigenvalue weighted by atomic mass is 10.1. The summed E-state index contributed by atoms with van der Waals surface area (Å²) in [5.41, 5.74) is 3.69. The minimum absolute atomic E-state index is 0.0580. The van der Waals surface area contributed by atoms with Gasteiger partial charge in [0.25, 0.3) is 0 Å². The van der Waals surface area contributed by atoms with E-state index in [2.05, 4.69) is 21.8 Å². The van der Waals surface area contributed by atoms with Crippen LogP contribution in [0.1, 0.15) is 24.7 Å². The summed E-state index contributed by atoms with van der Waals surface area (Å²) in [6.45, 7) is 5.11. The van der Waals surface area contributed by atoms with Crippen LogP contribution in [0.25, 0.3) is 11.0 Å². The number of methoxy groups -OCH3 is 1. The Balaban J connectivity index is 1.74. The molecule has 0 bridgehead atoms. The number of ether oxygens (including phenoxy) is 1. The number of imidazole rings is 1. The highest BCUT2D eigenvalue weighted by molar-refractivity contribution is 5.94. The van der Waals surface area contributed by atoms with Gasteiger partial charge < -0.3 is 14.6 Å². The van der Waals surface area contributed by atoms with Crippen LogP contribution >= 0.6 is 0 Å². The van der Waals surface area contributed by atoms with Crippen LogP contribution in [0.3, 0.4) is 0 Å². The summed E-state index contributed by atoms with van der Waals surface area (Å²) in [7, 11) is 1.62. The number of nitrogens with zero attached hydrogens (tertiary/aromatic N) is 2. The first-order valence-electron chi connectivity index (χ1n) is 8.50. The zero-order valence-corrected chi connectivity index (χ0v) is 14.9. The molecule has 3 aromatic rings. The Morgan fingerprint density at radius 3 is 2.84 bits per heavy atom. The normalized spacial score (nSPS) is 10.8. The minimum Gasteiger partial charge on any atom is -0.497 e. The van der Waals surface area contributed by atoms with Crippen molar-refractivity contribution in [3.63, 3.8) is 0 Å². The number of aryl methyl sites for hydroxylation is 2. The van der Waals surface area contributed by atoms with Crippen molar-refractivity contribution in [3.05, 3.63) is 53.9 Å². The minimum atomic E-state index is -0.0580. The molecule has 5 nitrogen and oxygen atoms in total. The van der Waals surface area contributed by atoms with Crippen molar-refractivity contribution in [3.8, 4) is 5.75 Å². The topological polar surface area (TPSA) is 56.2 Å². The second-order valence-corrected chi connectivity index (χ2v) is 6.09. The molecule has 0 aliphatic carbocycles. The van der Waals surface area contributed by atoms with E-state index in [1.54, 1.807) is 7.11 Å². The van der Waals surface area contributed by atoms with Crippen LogP contribution in [0.15, 0.2) is 42.5 Å². The van der Waals surface area contributed by atoms with E-state index >= 15 is 0 Å². The number of carbonyl (C=O) groups is 1. The van der Waals surface area contributed by atoms with E-state index in [1.807, 2.05) is 49.4 Å². The number of nitrogens with one attached hydrogen (secondary N) is 1. The first-order valence-corrected chi connectivity index (χ1v) is 8.50. The Labute approximate surface area is 147 Å². The van der Waals surface area contributed by atoms with Gasteiger partial charge in [0.2, 0.25) is 5.91 Å². The van der Waals surface area contributed by atoms with Gasteiger partial charge in [-0.15, -0.1) is 0 Å². The Hall–Kier alpha value is -2.82. The summed E-state index contributed by atoms with van der Waals surface area (Å²) in [5, 5.41) is 2.95. The summed E-state index contributed by atoms with van der Waals surface area (Å²) >= 11 is 0. The lowest BCUT2D eigenvalue weighted by Crippen LogP contribution is -2.14. The van der Waals surface area contributed by atoms with Gasteiger partial charge in [0.15, 0.2) is 0 Å². The fourth-order valence-corrected chi connectivity index (χ4v) is 3.01. The molecule has 1 N–H and O–H groups in total. The van der Waals surface area contributed by atoms with Crippen LogP contribution in [0.4, 0.5) is 5.69 Å². The molecular weight excluding hydrogens is 314 g/mol. The maximum Gasteiger partial charge on any atom is 0.228 e. The summed E-state index contributed by atoms with van der Waals surface area (Å²) < 4.78 is 7.40. The predicted molar refractivity (Wildman–Crippen MR) is 100 cm³/mol. The average molecular weight is 337 g/mol. The van der Waals surface area contributed by atoms with Gasteiger partial charge in [-0.25, -0.2) is 4.98 Å². The second kappa shape index (κ2) is 7.38. The maximum absolute atomic E-state index is 12.3. The molecule has 0 saturated carbocycles. The molecule has 130 valence electrons. The van der Waals surface area contributed by atoms with Gasteiger partial charge in [-0.1, -0.05) is 19.1 Å². The highest BCUT2D eigenvalue weighted by atomic mass is 16.5. The Kier molecular flexibility index (Phi) is 5.03. The number of aromatic nitrogens is 2. The van der Waals surface area contributed by atoms with Crippen molar-refractivity contribution in [2.45, 2.75) is 33.2 Å². The van der Waals surface area contributed by atoms with Crippen LogP contribution < -0.4 is 10.1 Å². The molecule has 0 spiro atoms. The summed E-state index contributed by atoms with van der Waals surface area (Å²) in [5.74, 6) is 1.69. The highest BCUT2D eigenvalue weighted by Gasteiger charge is 2.09. The van der Waals surface area contributed by atoms with E-state index in [0.717, 1.165) is 46.8 Å². The molecule has 0 radical (unpaired) electrons. The van der Waals surface area contributed by atoms with Crippen LogP contribution in [0.2, 0.25) is 0 Å².